The van der Waals surface area contributed by atoms with E-state index in [-0.39, 0.29) is 6.10 Å². The molecule has 0 aromatic heterocycles. The van der Waals surface area contributed by atoms with Gasteiger partial charge in [0.15, 0.2) is 0 Å². The number of rotatable bonds is 5. The van der Waals surface area contributed by atoms with Gasteiger partial charge in [-0.2, -0.15) is 0 Å². The molecule has 21 heavy (non-hydrogen) atoms. The molecule has 0 bridgehead atoms. The number of ketones is 1. The van der Waals surface area contributed by atoms with Gasteiger partial charge in [-0.3, -0.25) is 4.79 Å². The van der Waals surface area contributed by atoms with Crippen LogP contribution in [0.1, 0.15) is 56.3 Å². The smallest absolute Gasteiger partial charge is 0.379 e. The van der Waals surface area contributed by atoms with Crippen LogP contribution in [-0.4, -0.2) is 17.9 Å². The number of benzene rings is 1. The summed E-state index contributed by atoms with van der Waals surface area (Å²) in [6, 6.07) is 8.63. The number of hydrogen-bond acceptors (Lipinski definition) is 3. The number of hydrogen-bond donors (Lipinski definition) is 0. The van der Waals surface area contributed by atoms with Gasteiger partial charge in [-0.1, -0.05) is 57.0 Å². The second-order valence-electron chi connectivity index (χ2n) is 6.11. The molecule has 1 saturated carbocycles. The summed E-state index contributed by atoms with van der Waals surface area (Å²) in [5, 5.41) is 0. The molecule has 1 aliphatic carbocycles. The van der Waals surface area contributed by atoms with Crippen molar-refractivity contribution in [1.29, 1.82) is 0 Å². The van der Waals surface area contributed by atoms with E-state index in [4.69, 9.17) is 4.74 Å². The Morgan fingerprint density at radius 3 is 2.57 bits per heavy atom. The summed E-state index contributed by atoms with van der Waals surface area (Å²) in [5.41, 5.74) is 0.401. The first-order valence-electron chi connectivity index (χ1n) is 7.92. The van der Waals surface area contributed by atoms with Gasteiger partial charge in [-0.05, 0) is 31.1 Å². The van der Waals surface area contributed by atoms with Crippen molar-refractivity contribution in [1.82, 2.24) is 0 Å². The van der Waals surface area contributed by atoms with Crippen LogP contribution in [-0.2, 0) is 9.53 Å². The molecule has 1 fully saturated rings. The molecule has 1 aromatic rings. The lowest BCUT2D eigenvalue weighted by atomic mass is 9.78. The van der Waals surface area contributed by atoms with Gasteiger partial charge in [0.05, 0.1) is 0 Å². The molecule has 0 amide bonds. The summed E-state index contributed by atoms with van der Waals surface area (Å²) in [7, 11) is 0. The fourth-order valence-electron chi connectivity index (χ4n) is 3.14. The largest absolute Gasteiger partial charge is 0.456 e. The van der Waals surface area contributed by atoms with E-state index in [1.165, 1.54) is 6.42 Å². The van der Waals surface area contributed by atoms with Crippen molar-refractivity contribution in [2.75, 3.05) is 0 Å². The van der Waals surface area contributed by atoms with E-state index in [2.05, 4.69) is 13.8 Å². The highest BCUT2D eigenvalue weighted by Gasteiger charge is 2.32. The third-order valence-electron chi connectivity index (χ3n) is 4.33. The Labute approximate surface area is 126 Å². The lowest BCUT2D eigenvalue weighted by Gasteiger charge is -2.34. The van der Waals surface area contributed by atoms with Crippen molar-refractivity contribution < 1.29 is 14.3 Å². The Bertz CT molecular complexity index is 480. The van der Waals surface area contributed by atoms with E-state index in [0.29, 0.717) is 17.4 Å². The van der Waals surface area contributed by atoms with Crippen LogP contribution in [0.15, 0.2) is 30.3 Å². The Hall–Kier alpha value is -1.64. The highest BCUT2D eigenvalue weighted by atomic mass is 16.5. The number of carbonyl (C=O) groups is 2. The average Bonchev–Trinajstić information content (AvgIpc) is 2.50. The van der Waals surface area contributed by atoms with Gasteiger partial charge >= 0.3 is 5.97 Å². The first-order valence-corrected chi connectivity index (χ1v) is 7.92. The Balaban J connectivity index is 2.01. The molecule has 3 atom stereocenters. The monoisotopic (exact) mass is 288 g/mol. The maximum atomic E-state index is 12.1. The maximum absolute atomic E-state index is 12.1. The molecule has 114 valence electrons. The summed E-state index contributed by atoms with van der Waals surface area (Å²) >= 11 is 0. The standard InChI is InChI=1S/C18H24O3/c1-3-7-14-11-10-13(2)12-16(14)21-18(20)17(19)15-8-5-4-6-9-15/h4-6,8-9,13-14,16H,3,7,10-12H2,1-2H3. The Kier molecular flexibility index (Phi) is 5.54. The van der Waals surface area contributed by atoms with Gasteiger partial charge in [-0.15, -0.1) is 0 Å². The molecule has 0 radical (unpaired) electrons. The zero-order chi connectivity index (χ0) is 15.2. The fraction of sp³-hybridized carbons (Fsp3) is 0.556. The van der Waals surface area contributed by atoms with E-state index in [0.717, 1.165) is 25.7 Å². The second-order valence-corrected chi connectivity index (χ2v) is 6.11. The molecule has 2 rings (SSSR count). The van der Waals surface area contributed by atoms with Crippen LogP contribution in [0.4, 0.5) is 0 Å². The van der Waals surface area contributed by atoms with Crippen LogP contribution < -0.4 is 0 Å². The first-order chi connectivity index (χ1) is 10.1. The van der Waals surface area contributed by atoms with E-state index in [9.17, 15) is 9.59 Å². The molecular formula is C18H24O3. The molecule has 0 saturated heterocycles. The summed E-state index contributed by atoms with van der Waals surface area (Å²) in [6.45, 7) is 4.33. The molecule has 1 aliphatic rings. The minimum absolute atomic E-state index is 0.103. The maximum Gasteiger partial charge on any atom is 0.379 e. The van der Waals surface area contributed by atoms with Crippen molar-refractivity contribution >= 4 is 11.8 Å². The van der Waals surface area contributed by atoms with Gasteiger partial charge in [0.2, 0.25) is 0 Å². The second kappa shape index (κ2) is 7.39. The minimum atomic E-state index is -0.707. The Morgan fingerprint density at radius 1 is 1.19 bits per heavy atom. The highest BCUT2D eigenvalue weighted by molar-refractivity contribution is 6.40. The summed E-state index contributed by atoms with van der Waals surface area (Å²) in [5.74, 6) is -0.285. The van der Waals surface area contributed by atoms with Crippen LogP contribution >= 0.6 is 0 Å². The van der Waals surface area contributed by atoms with Crippen molar-refractivity contribution in [2.45, 2.75) is 52.1 Å². The first kappa shape index (κ1) is 15.7. The molecule has 0 N–H and O–H groups in total. The molecule has 0 aliphatic heterocycles. The van der Waals surface area contributed by atoms with Gasteiger partial charge in [-0.25, -0.2) is 4.79 Å². The van der Waals surface area contributed by atoms with Crippen LogP contribution in [0.25, 0.3) is 0 Å². The molecule has 3 unspecified atom stereocenters. The van der Waals surface area contributed by atoms with Gasteiger partial charge in [0, 0.05) is 5.56 Å². The topological polar surface area (TPSA) is 43.4 Å². The average molecular weight is 288 g/mol. The van der Waals surface area contributed by atoms with Crippen molar-refractivity contribution in [3.05, 3.63) is 35.9 Å². The molecule has 0 heterocycles. The third-order valence-corrected chi connectivity index (χ3v) is 4.33. The SMILES string of the molecule is CCCC1CCC(C)CC1OC(=O)C(=O)c1ccccc1. The minimum Gasteiger partial charge on any atom is -0.456 e. The highest BCUT2D eigenvalue weighted by Crippen LogP contribution is 2.33. The predicted octanol–water partition coefficient (Wildman–Crippen LogP) is 4.02. The molecule has 1 aromatic carbocycles. The third kappa shape index (κ3) is 4.16. The molecule has 0 spiro atoms. The van der Waals surface area contributed by atoms with Crippen LogP contribution in [0.3, 0.4) is 0 Å². The van der Waals surface area contributed by atoms with Crippen LogP contribution in [0.2, 0.25) is 0 Å². The molecule has 3 nitrogen and oxygen atoms in total. The lowest BCUT2D eigenvalue weighted by molar-refractivity contribution is -0.148. The summed E-state index contributed by atoms with van der Waals surface area (Å²) in [4.78, 5) is 24.2. The molecular weight excluding hydrogens is 264 g/mol. The lowest BCUT2D eigenvalue weighted by Crippen LogP contribution is -2.35. The number of esters is 1. The quantitative estimate of drug-likeness (QED) is 0.467. The fourth-order valence-corrected chi connectivity index (χ4v) is 3.14. The van der Waals surface area contributed by atoms with Crippen LogP contribution in [0.5, 0.6) is 0 Å². The molecule has 3 heteroatoms. The van der Waals surface area contributed by atoms with Crippen molar-refractivity contribution in [2.24, 2.45) is 11.8 Å². The number of ether oxygens (including phenoxy) is 1. The van der Waals surface area contributed by atoms with E-state index < -0.39 is 11.8 Å². The van der Waals surface area contributed by atoms with Crippen molar-refractivity contribution in [3.63, 3.8) is 0 Å². The van der Waals surface area contributed by atoms with Gasteiger partial charge in [0.1, 0.15) is 6.10 Å². The normalized spacial score (nSPS) is 25.3. The number of Topliss-reactive ketones (excluding diaryl/α,β-unsaturated/α-hetero) is 1. The van der Waals surface area contributed by atoms with E-state index >= 15 is 0 Å². The van der Waals surface area contributed by atoms with Crippen LogP contribution in [0, 0.1) is 11.8 Å². The summed E-state index contributed by atoms with van der Waals surface area (Å²) < 4.78 is 5.55. The van der Waals surface area contributed by atoms with E-state index in [1.807, 2.05) is 6.07 Å². The Morgan fingerprint density at radius 2 is 1.90 bits per heavy atom. The zero-order valence-corrected chi connectivity index (χ0v) is 12.9. The predicted molar refractivity (Wildman–Crippen MR) is 82.1 cm³/mol. The zero-order valence-electron chi connectivity index (χ0n) is 12.9. The van der Waals surface area contributed by atoms with E-state index in [1.54, 1.807) is 24.3 Å². The van der Waals surface area contributed by atoms with Gasteiger partial charge < -0.3 is 4.74 Å². The number of carbonyl (C=O) groups excluding carboxylic acids is 2. The van der Waals surface area contributed by atoms with Gasteiger partial charge in [0.25, 0.3) is 5.78 Å². The summed E-state index contributed by atoms with van der Waals surface area (Å²) in [6.07, 6.45) is 5.19. The van der Waals surface area contributed by atoms with Crippen molar-refractivity contribution in [3.8, 4) is 0 Å².